The molecule has 1 aromatic rings. The minimum Gasteiger partial charge on any atom is -0.373 e. The molecule has 114 valence electrons. The lowest BCUT2D eigenvalue weighted by Gasteiger charge is -2.18. The summed E-state index contributed by atoms with van der Waals surface area (Å²) in [6.45, 7) is 1.82. The Labute approximate surface area is 123 Å². The van der Waals surface area contributed by atoms with Crippen molar-refractivity contribution in [3.8, 4) is 0 Å². The van der Waals surface area contributed by atoms with Gasteiger partial charge in [-0.15, -0.1) is 0 Å². The van der Waals surface area contributed by atoms with Crippen molar-refractivity contribution in [3.05, 3.63) is 28.8 Å². The van der Waals surface area contributed by atoms with Crippen molar-refractivity contribution in [2.24, 2.45) is 0 Å². The van der Waals surface area contributed by atoms with Crippen LogP contribution in [0.4, 0.5) is 18.9 Å². The molecule has 4 nitrogen and oxygen atoms in total. The van der Waals surface area contributed by atoms with Crippen molar-refractivity contribution in [2.75, 3.05) is 11.9 Å². The molecule has 1 unspecified atom stereocenters. The Balaban J connectivity index is 2.29. The topological polar surface area (TPSA) is 49.4 Å². The number of amides is 2. The highest BCUT2D eigenvalue weighted by Crippen LogP contribution is 2.37. The van der Waals surface area contributed by atoms with Crippen LogP contribution >= 0.6 is 11.6 Å². The van der Waals surface area contributed by atoms with Crippen molar-refractivity contribution in [1.82, 2.24) is 4.90 Å². The molecule has 8 heteroatoms. The SMILES string of the molecule is CCN1C(=O)CC(Nc2ccc(Cl)cc2C(F)(F)F)C1=O. The molecule has 2 amide bonds. The Morgan fingerprint density at radius 1 is 1.38 bits per heavy atom. The highest BCUT2D eigenvalue weighted by Gasteiger charge is 2.40. The molecule has 1 heterocycles. The van der Waals surface area contributed by atoms with Gasteiger partial charge in [0.15, 0.2) is 0 Å². The average molecular weight is 321 g/mol. The molecule has 1 N–H and O–H groups in total. The van der Waals surface area contributed by atoms with Gasteiger partial charge in [-0.1, -0.05) is 11.6 Å². The summed E-state index contributed by atoms with van der Waals surface area (Å²) in [7, 11) is 0. The second-order valence-corrected chi connectivity index (χ2v) is 5.00. The van der Waals surface area contributed by atoms with Crippen LogP contribution in [-0.4, -0.2) is 29.3 Å². The maximum atomic E-state index is 13.0. The quantitative estimate of drug-likeness (QED) is 0.871. The third kappa shape index (κ3) is 3.12. The third-order valence-electron chi connectivity index (χ3n) is 3.18. The number of nitrogens with zero attached hydrogens (tertiary/aromatic N) is 1. The Hall–Kier alpha value is -1.76. The van der Waals surface area contributed by atoms with E-state index in [1.165, 1.54) is 6.07 Å². The highest BCUT2D eigenvalue weighted by atomic mass is 35.5. The van der Waals surface area contributed by atoms with Gasteiger partial charge in [-0.3, -0.25) is 14.5 Å². The molecule has 1 aliphatic heterocycles. The Morgan fingerprint density at radius 3 is 2.57 bits per heavy atom. The molecule has 0 radical (unpaired) electrons. The number of imide groups is 1. The summed E-state index contributed by atoms with van der Waals surface area (Å²) in [4.78, 5) is 24.5. The van der Waals surface area contributed by atoms with Crippen molar-refractivity contribution in [2.45, 2.75) is 25.6 Å². The van der Waals surface area contributed by atoms with Crippen LogP contribution in [0.5, 0.6) is 0 Å². The first-order chi connectivity index (χ1) is 9.74. The van der Waals surface area contributed by atoms with Gasteiger partial charge in [0.2, 0.25) is 5.91 Å². The molecule has 2 rings (SSSR count). The smallest absolute Gasteiger partial charge is 0.373 e. The number of benzene rings is 1. The first-order valence-electron chi connectivity index (χ1n) is 6.21. The summed E-state index contributed by atoms with van der Waals surface area (Å²) in [6, 6.07) is 2.23. The summed E-state index contributed by atoms with van der Waals surface area (Å²) >= 11 is 5.58. The molecule has 1 fully saturated rings. The molecule has 1 aliphatic rings. The number of carbonyl (C=O) groups is 2. The number of likely N-dealkylation sites (N-methyl/N-ethyl adjacent to an activating group) is 1. The van der Waals surface area contributed by atoms with E-state index >= 15 is 0 Å². The van der Waals surface area contributed by atoms with E-state index in [2.05, 4.69) is 5.32 Å². The number of likely N-dealkylation sites (tertiary alicyclic amines) is 1. The summed E-state index contributed by atoms with van der Waals surface area (Å²) in [6.07, 6.45) is -4.77. The summed E-state index contributed by atoms with van der Waals surface area (Å²) in [5.74, 6) is -0.923. The van der Waals surface area contributed by atoms with E-state index in [-0.39, 0.29) is 23.7 Å². The molecule has 0 spiro atoms. The Bertz CT molecular complexity index is 589. The van der Waals surface area contributed by atoms with Crippen molar-refractivity contribution in [1.29, 1.82) is 0 Å². The van der Waals surface area contributed by atoms with E-state index in [0.717, 1.165) is 17.0 Å². The first kappa shape index (κ1) is 15.6. The lowest BCUT2D eigenvalue weighted by atomic mass is 10.1. The van der Waals surface area contributed by atoms with Crippen LogP contribution in [-0.2, 0) is 15.8 Å². The lowest BCUT2D eigenvalue weighted by molar-refractivity contribution is -0.139. The van der Waals surface area contributed by atoms with E-state index in [1.54, 1.807) is 6.92 Å². The summed E-state index contributed by atoms with van der Waals surface area (Å²) < 4.78 is 38.9. The predicted octanol–water partition coefficient (Wildman–Crippen LogP) is 2.92. The van der Waals surface area contributed by atoms with Gasteiger partial charge in [-0.05, 0) is 25.1 Å². The van der Waals surface area contributed by atoms with Gasteiger partial charge in [-0.2, -0.15) is 13.2 Å². The molecule has 0 bridgehead atoms. The van der Waals surface area contributed by atoms with Crippen molar-refractivity contribution < 1.29 is 22.8 Å². The number of anilines is 1. The maximum absolute atomic E-state index is 13.0. The van der Waals surface area contributed by atoms with Gasteiger partial charge in [-0.25, -0.2) is 0 Å². The second-order valence-electron chi connectivity index (χ2n) is 4.56. The zero-order valence-electron chi connectivity index (χ0n) is 11.0. The number of nitrogens with one attached hydrogen (secondary N) is 1. The van der Waals surface area contributed by atoms with Crippen LogP contribution in [0, 0.1) is 0 Å². The Morgan fingerprint density at radius 2 is 2.05 bits per heavy atom. The monoisotopic (exact) mass is 320 g/mol. The summed E-state index contributed by atoms with van der Waals surface area (Å²) in [5.41, 5.74) is -1.23. The van der Waals surface area contributed by atoms with Crippen LogP contribution in [0.25, 0.3) is 0 Å². The number of carbonyl (C=O) groups excluding carboxylic acids is 2. The van der Waals surface area contributed by atoms with Gasteiger partial charge in [0.05, 0.1) is 12.0 Å². The predicted molar refractivity (Wildman–Crippen MR) is 70.9 cm³/mol. The lowest BCUT2D eigenvalue weighted by Crippen LogP contribution is -2.34. The molecule has 1 saturated heterocycles. The number of hydrogen-bond acceptors (Lipinski definition) is 3. The first-order valence-corrected chi connectivity index (χ1v) is 6.59. The highest BCUT2D eigenvalue weighted by molar-refractivity contribution is 6.30. The third-order valence-corrected chi connectivity index (χ3v) is 3.41. The molecular formula is C13H12ClF3N2O2. The maximum Gasteiger partial charge on any atom is 0.418 e. The molecule has 0 saturated carbocycles. The van der Waals surface area contributed by atoms with Gasteiger partial charge in [0.25, 0.3) is 5.91 Å². The van der Waals surface area contributed by atoms with Gasteiger partial charge < -0.3 is 5.32 Å². The normalized spacial score (nSPS) is 19.3. The number of rotatable bonds is 3. The number of alkyl halides is 3. The van der Waals surface area contributed by atoms with E-state index in [1.807, 2.05) is 0 Å². The molecule has 0 aromatic heterocycles. The molecule has 21 heavy (non-hydrogen) atoms. The second kappa shape index (κ2) is 5.55. The van der Waals surface area contributed by atoms with E-state index in [4.69, 9.17) is 11.6 Å². The van der Waals surface area contributed by atoms with Gasteiger partial charge >= 0.3 is 6.18 Å². The van der Waals surface area contributed by atoms with Gasteiger partial charge in [0, 0.05) is 17.3 Å². The van der Waals surface area contributed by atoms with Crippen LogP contribution in [0.1, 0.15) is 18.9 Å². The Kier molecular flexibility index (Phi) is 4.13. The molecule has 1 aromatic carbocycles. The fourth-order valence-corrected chi connectivity index (χ4v) is 2.36. The zero-order chi connectivity index (χ0) is 15.8. The van der Waals surface area contributed by atoms with Gasteiger partial charge in [0.1, 0.15) is 6.04 Å². The minimum absolute atomic E-state index is 0.0584. The molecular weight excluding hydrogens is 309 g/mol. The summed E-state index contributed by atoms with van der Waals surface area (Å²) in [5, 5.41) is 2.44. The molecule has 0 aliphatic carbocycles. The van der Waals surface area contributed by atoms with Crippen LogP contribution in [0.3, 0.4) is 0 Å². The van der Waals surface area contributed by atoms with Crippen LogP contribution in [0.2, 0.25) is 5.02 Å². The number of halogens is 4. The minimum atomic E-state index is -4.61. The largest absolute Gasteiger partial charge is 0.418 e. The van der Waals surface area contributed by atoms with E-state index in [0.29, 0.717) is 0 Å². The fraction of sp³-hybridized carbons (Fsp3) is 0.385. The van der Waals surface area contributed by atoms with Crippen molar-refractivity contribution >= 4 is 29.1 Å². The fourth-order valence-electron chi connectivity index (χ4n) is 2.19. The van der Waals surface area contributed by atoms with E-state index in [9.17, 15) is 22.8 Å². The number of hydrogen-bond donors (Lipinski definition) is 1. The standard InChI is InChI=1S/C13H12ClF3N2O2/c1-2-19-11(20)6-10(12(19)21)18-9-4-3-7(14)5-8(9)13(15,16)17/h3-5,10,18H,2,6H2,1H3. The zero-order valence-corrected chi connectivity index (χ0v) is 11.8. The van der Waals surface area contributed by atoms with E-state index < -0.39 is 29.6 Å². The van der Waals surface area contributed by atoms with Crippen molar-refractivity contribution in [3.63, 3.8) is 0 Å². The van der Waals surface area contributed by atoms with Crippen LogP contribution in [0.15, 0.2) is 18.2 Å². The average Bonchev–Trinajstić information content (AvgIpc) is 2.65. The van der Waals surface area contributed by atoms with Crippen LogP contribution < -0.4 is 5.32 Å². The molecule has 1 atom stereocenters.